The number of nitrogens with one attached hydrogen (secondary N) is 1. The minimum atomic E-state index is -2.78. The van der Waals surface area contributed by atoms with Crippen LogP contribution in [0.25, 0.3) is 0 Å². The van der Waals surface area contributed by atoms with Crippen molar-refractivity contribution in [3.05, 3.63) is 47.3 Å². The minimum absolute atomic E-state index is 0.101. The number of rotatable bonds is 6. The van der Waals surface area contributed by atoms with Crippen LogP contribution in [-0.2, 0) is 18.3 Å². The van der Waals surface area contributed by atoms with Gasteiger partial charge < -0.3 is 25.0 Å². The summed E-state index contributed by atoms with van der Waals surface area (Å²) in [4.78, 5) is 25.0. The maximum absolute atomic E-state index is 15.3. The fraction of sp³-hybridized carbons (Fsp3) is 0.368. The second kappa shape index (κ2) is 9.22. The maximum Gasteiger partial charge on any atom is 0.407 e. The molecule has 10 nitrogen and oxygen atoms in total. The highest BCUT2D eigenvalue weighted by Crippen LogP contribution is 2.32. The Hall–Kier alpha value is -3.03. The first-order chi connectivity index (χ1) is 15.0. The Balaban J connectivity index is 1.94. The van der Waals surface area contributed by atoms with Crippen LogP contribution in [0.4, 0.5) is 25.0 Å². The summed E-state index contributed by atoms with van der Waals surface area (Å²) in [5.41, 5.74) is -0.348. The molecule has 1 fully saturated rings. The molecule has 1 aliphatic heterocycles. The fourth-order valence-electron chi connectivity index (χ4n) is 3.74. The molecular weight excluding hydrogens is 450 g/mol. The highest BCUT2D eigenvalue weighted by atomic mass is 32.2. The lowest BCUT2D eigenvalue weighted by Gasteiger charge is -2.28. The number of carbonyl (C=O) groups is 2. The third-order valence-corrected chi connectivity index (χ3v) is 6.15. The number of halogens is 2. The monoisotopic (exact) mass is 472 g/mol. The zero-order valence-electron chi connectivity index (χ0n) is 17.2. The van der Waals surface area contributed by atoms with Gasteiger partial charge in [0.2, 0.25) is 0 Å². The number of carboxylic acid groups (broad SMARTS) is 1. The van der Waals surface area contributed by atoms with Crippen LogP contribution >= 0.6 is 0 Å². The molecule has 0 saturated carbocycles. The summed E-state index contributed by atoms with van der Waals surface area (Å²) in [7, 11) is 1.36. The average Bonchev–Trinajstić information content (AvgIpc) is 3.26. The molecule has 3 atom stereocenters. The number of aryl methyl sites for hydroxylation is 2. The van der Waals surface area contributed by atoms with Crippen molar-refractivity contribution in [2.75, 3.05) is 29.3 Å². The van der Waals surface area contributed by atoms with E-state index in [4.69, 9.17) is 0 Å². The summed E-state index contributed by atoms with van der Waals surface area (Å²) in [6, 6.07) is 2.82. The predicted molar refractivity (Wildman–Crippen MR) is 112 cm³/mol. The summed E-state index contributed by atoms with van der Waals surface area (Å²) in [5.74, 6) is -3.19. The van der Waals surface area contributed by atoms with Gasteiger partial charge in [-0.2, -0.15) is 0 Å². The van der Waals surface area contributed by atoms with Crippen molar-refractivity contribution in [1.29, 1.82) is 0 Å². The molecule has 0 aliphatic carbocycles. The highest BCUT2D eigenvalue weighted by Gasteiger charge is 2.42. The molecule has 0 radical (unpaired) electrons. The topological polar surface area (TPSA) is 135 Å². The number of hydrogen-bond donors (Lipinski definition) is 4. The number of likely N-dealkylation sites (tertiary alicyclic amines) is 1. The van der Waals surface area contributed by atoms with E-state index in [0.717, 1.165) is 26.0 Å². The van der Waals surface area contributed by atoms with Gasteiger partial charge in [-0.1, -0.05) is 0 Å². The molecule has 1 aliphatic rings. The van der Waals surface area contributed by atoms with Crippen LogP contribution < -0.4 is 9.62 Å². The van der Waals surface area contributed by atoms with Crippen molar-refractivity contribution in [2.45, 2.75) is 13.0 Å². The van der Waals surface area contributed by atoms with Crippen LogP contribution in [0.1, 0.15) is 16.1 Å². The molecule has 2 amide bonds. The van der Waals surface area contributed by atoms with Crippen LogP contribution in [0.2, 0.25) is 0 Å². The van der Waals surface area contributed by atoms with E-state index >= 15 is 4.39 Å². The van der Waals surface area contributed by atoms with Gasteiger partial charge in [0.05, 0.1) is 6.04 Å². The van der Waals surface area contributed by atoms with Crippen molar-refractivity contribution >= 4 is 34.6 Å². The molecule has 32 heavy (non-hydrogen) atoms. The number of amides is 2. The molecule has 3 rings (SSSR count). The SMILES string of the molecule is Cc1cc(NC(=O)c2c(F)c(N([C@H]3CN(C(=O)O)C[C@H]3CO)S(=O)O)cn2C)ccc1F. The first-order valence-electron chi connectivity index (χ1n) is 9.46. The van der Waals surface area contributed by atoms with E-state index < -0.39 is 64.8 Å². The number of anilines is 2. The van der Waals surface area contributed by atoms with Crippen molar-refractivity contribution < 1.29 is 37.3 Å². The van der Waals surface area contributed by atoms with Crippen LogP contribution in [0.3, 0.4) is 0 Å². The summed E-state index contributed by atoms with van der Waals surface area (Å²) >= 11 is -2.78. The molecule has 1 saturated heterocycles. The Morgan fingerprint density at radius 3 is 2.56 bits per heavy atom. The molecule has 2 heterocycles. The van der Waals surface area contributed by atoms with Crippen LogP contribution in [0.15, 0.2) is 24.4 Å². The standard InChI is InChI=1S/C19H22F2N4O6S/c1-10-5-12(3-4-13(10)20)22-18(27)17-16(21)15(7-23(17)2)25(32(30)31)14-8-24(19(28)29)6-11(14)9-26/h3-5,7,11,14,26H,6,8-9H2,1-2H3,(H,22,27)(H,28,29)(H,30,31)/t11-,14-/m0/s1. The molecule has 1 aromatic heterocycles. The molecule has 1 aromatic carbocycles. The summed E-state index contributed by atoms with van der Waals surface area (Å²) in [6.45, 7) is 0.668. The van der Waals surface area contributed by atoms with Gasteiger partial charge in [0.15, 0.2) is 5.82 Å². The number of benzene rings is 1. The van der Waals surface area contributed by atoms with Gasteiger partial charge in [0, 0.05) is 44.5 Å². The second-order valence-electron chi connectivity index (χ2n) is 7.46. The average molecular weight is 472 g/mol. The van der Waals surface area contributed by atoms with Gasteiger partial charge in [0.1, 0.15) is 17.2 Å². The Bertz CT molecular complexity index is 1080. The Morgan fingerprint density at radius 2 is 2.00 bits per heavy atom. The third kappa shape index (κ3) is 4.45. The largest absolute Gasteiger partial charge is 0.465 e. The quantitative estimate of drug-likeness (QED) is 0.474. The normalized spacial score (nSPS) is 19.1. The highest BCUT2D eigenvalue weighted by molar-refractivity contribution is 7.80. The van der Waals surface area contributed by atoms with E-state index in [1.54, 1.807) is 0 Å². The van der Waals surface area contributed by atoms with E-state index in [-0.39, 0.29) is 24.3 Å². The van der Waals surface area contributed by atoms with Gasteiger partial charge in [-0.3, -0.25) is 13.7 Å². The van der Waals surface area contributed by atoms with Crippen LogP contribution in [0.5, 0.6) is 0 Å². The number of aliphatic hydroxyl groups excluding tert-OH is 1. The van der Waals surface area contributed by atoms with Gasteiger partial charge in [-0.25, -0.2) is 17.8 Å². The molecule has 1 unspecified atom stereocenters. The Kier molecular flexibility index (Phi) is 6.81. The van der Waals surface area contributed by atoms with Gasteiger partial charge in [-0.15, -0.1) is 0 Å². The number of aromatic nitrogens is 1. The first kappa shape index (κ1) is 23.6. The summed E-state index contributed by atoms with van der Waals surface area (Å²) < 4.78 is 52.6. The minimum Gasteiger partial charge on any atom is -0.465 e. The zero-order valence-corrected chi connectivity index (χ0v) is 18.0. The number of carbonyl (C=O) groups excluding carboxylic acids is 1. The van der Waals surface area contributed by atoms with Crippen LogP contribution in [-0.4, -0.2) is 66.2 Å². The molecule has 13 heteroatoms. The molecular formula is C19H22F2N4O6S. The molecule has 0 spiro atoms. The lowest BCUT2D eigenvalue weighted by molar-refractivity contribution is 0.101. The molecule has 0 bridgehead atoms. The van der Waals surface area contributed by atoms with Gasteiger partial charge in [0.25, 0.3) is 17.2 Å². The Labute approximate surface area is 184 Å². The van der Waals surface area contributed by atoms with E-state index in [1.165, 1.54) is 26.1 Å². The molecule has 4 N–H and O–H groups in total. The lowest BCUT2D eigenvalue weighted by Crippen LogP contribution is -2.43. The van der Waals surface area contributed by atoms with Crippen molar-refractivity contribution in [2.24, 2.45) is 13.0 Å². The van der Waals surface area contributed by atoms with Crippen molar-refractivity contribution in [3.63, 3.8) is 0 Å². The summed E-state index contributed by atoms with van der Waals surface area (Å²) in [5, 5.41) is 21.3. The number of nitrogens with zero attached hydrogens (tertiary/aromatic N) is 3. The second-order valence-corrected chi connectivity index (χ2v) is 8.31. The number of hydrogen-bond acceptors (Lipinski definition) is 4. The molecule has 174 valence electrons. The van der Waals surface area contributed by atoms with Gasteiger partial charge in [-0.05, 0) is 30.7 Å². The fourth-order valence-corrected chi connectivity index (χ4v) is 4.51. The van der Waals surface area contributed by atoms with Crippen LogP contribution in [0, 0.1) is 24.5 Å². The lowest BCUT2D eigenvalue weighted by atomic mass is 10.1. The van der Waals surface area contributed by atoms with Crippen molar-refractivity contribution in [1.82, 2.24) is 9.47 Å². The van der Waals surface area contributed by atoms with E-state index in [0.29, 0.717) is 0 Å². The van der Waals surface area contributed by atoms with E-state index in [1.807, 2.05) is 0 Å². The zero-order chi connectivity index (χ0) is 23.7. The molecule has 2 aromatic rings. The maximum atomic E-state index is 15.3. The van der Waals surface area contributed by atoms with E-state index in [9.17, 15) is 33.0 Å². The number of aliphatic hydroxyl groups is 1. The third-order valence-electron chi connectivity index (χ3n) is 5.35. The van der Waals surface area contributed by atoms with E-state index in [2.05, 4.69) is 5.32 Å². The van der Waals surface area contributed by atoms with Gasteiger partial charge >= 0.3 is 6.09 Å². The predicted octanol–water partition coefficient (Wildman–Crippen LogP) is 1.78. The Morgan fingerprint density at radius 1 is 1.31 bits per heavy atom. The summed E-state index contributed by atoms with van der Waals surface area (Å²) in [6.07, 6.45) is -0.149. The first-order valence-corrected chi connectivity index (χ1v) is 10.5. The smallest absolute Gasteiger partial charge is 0.407 e. The van der Waals surface area contributed by atoms with Crippen molar-refractivity contribution in [3.8, 4) is 0 Å².